The fourth-order valence-electron chi connectivity index (χ4n) is 2.70. The third-order valence-corrected chi connectivity index (χ3v) is 3.69. The average molecular weight is 334 g/mol. The van der Waals surface area contributed by atoms with E-state index in [-0.39, 0.29) is 5.97 Å². The van der Waals surface area contributed by atoms with E-state index in [9.17, 15) is 4.79 Å². The normalized spacial score (nSPS) is 11.4. The maximum absolute atomic E-state index is 12.8. The molecule has 0 bridgehead atoms. The van der Waals surface area contributed by atoms with Gasteiger partial charge in [0.15, 0.2) is 5.69 Å². The van der Waals surface area contributed by atoms with Crippen LogP contribution in [0.1, 0.15) is 37.0 Å². The maximum atomic E-state index is 12.8. The van der Waals surface area contributed by atoms with E-state index in [1.807, 2.05) is 92.9 Å². The molecular weight excluding hydrogens is 312 g/mol. The zero-order valence-corrected chi connectivity index (χ0v) is 15.0. The molecule has 4 nitrogen and oxygen atoms in total. The lowest BCUT2D eigenvalue weighted by Gasteiger charge is -2.20. The van der Waals surface area contributed by atoms with Gasteiger partial charge < -0.3 is 4.74 Å². The highest BCUT2D eigenvalue weighted by Gasteiger charge is 2.27. The van der Waals surface area contributed by atoms with Crippen LogP contribution in [-0.4, -0.2) is 21.1 Å². The minimum atomic E-state index is -0.567. The van der Waals surface area contributed by atoms with Crippen molar-refractivity contribution >= 4 is 5.97 Å². The number of benzene rings is 2. The van der Waals surface area contributed by atoms with Gasteiger partial charge in [0, 0.05) is 11.3 Å². The summed E-state index contributed by atoms with van der Waals surface area (Å²) in [5.74, 6) is 0.355. The molecule has 0 N–H and O–H groups in total. The van der Waals surface area contributed by atoms with E-state index in [2.05, 4.69) is 4.98 Å². The van der Waals surface area contributed by atoms with Gasteiger partial charge in [-0.25, -0.2) is 9.78 Å². The molecule has 0 aliphatic carbocycles. The summed E-state index contributed by atoms with van der Waals surface area (Å²) in [6.07, 6.45) is 0. The highest BCUT2D eigenvalue weighted by Crippen LogP contribution is 2.27. The standard InChI is InChI=1S/C21H22N2O2/c1-15-18(20(24)25-21(2,3)4)23(17-13-9-6-10-14-17)19(22-15)16-11-7-5-8-12-16/h5-14H,1-4H3. The Morgan fingerprint density at radius 2 is 1.52 bits per heavy atom. The summed E-state index contributed by atoms with van der Waals surface area (Å²) in [5, 5.41) is 0. The Hall–Kier alpha value is -2.88. The Kier molecular flexibility index (Phi) is 4.45. The van der Waals surface area contributed by atoms with Gasteiger partial charge in [-0.1, -0.05) is 48.5 Å². The summed E-state index contributed by atoms with van der Waals surface area (Å²) >= 11 is 0. The molecule has 0 fully saturated rings. The second kappa shape index (κ2) is 6.55. The van der Waals surface area contributed by atoms with Crippen LogP contribution in [0.2, 0.25) is 0 Å². The Morgan fingerprint density at radius 1 is 0.960 bits per heavy atom. The third kappa shape index (κ3) is 3.63. The van der Waals surface area contributed by atoms with Gasteiger partial charge in [-0.2, -0.15) is 0 Å². The molecule has 0 aliphatic heterocycles. The number of imidazole rings is 1. The number of rotatable bonds is 3. The molecular formula is C21H22N2O2. The second-order valence-corrected chi connectivity index (χ2v) is 6.91. The smallest absolute Gasteiger partial charge is 0.357 e. The summed E-state index contributed by atoms with van der Waals surface area (Å²) in [4.78, 5) is 17.5. The summed E-state index contributed by atoms with van der Waals surface area (Å²) in [6, 6.07) is 19.6. The molecule has 1 heterocycles. The maximum Gasteiger partial charge on any atom is 0.357 e. The number of hydrogen-bond donors (Lipinski definition) is 0. The lowest BCUT2D eigenvalue weighted by atomic mass is 10.2. The summed E-state index contributed by atoms with van der Waals surface area (Å²) in [7, 11) is 0. The van der Waals surface area contributed by atoms with Gasteiger partial charge in [-0.3, -0.25) is 4.57 Å². The predicted molar refractivity (Wildman–Crippen MR) is 98.9 cm³/mol. The first-order valence-corrected chi connectivity index (χ1v) is 8.30. The largest absolute Gasteiger partial charge is 0.455 e. The number of ether oxygens (including phenoxy) is 1. The van der Waals surface area contributed by atoms with Crippen molar-refractivity contribution in [3.8, 4) is 17.1 Å². The van der Waals surface area contributed by atoms with Crippen LogP contribution >= 0.6 is 0 Å². The number of hydrogen-bond acceptors (Lipinski definition) is 3. The predicted octanol–water partition coefficient (Wildman–Crippen LogP) is 4.80. The number of aromatic nitrogens is 2. The molecule has 0 amide bonds. The first kappa shape index (κ1) is 17.0. The highest BCUT2D eigenvalue weighted by molar-refractivity contribution is 5.91. The fraction of sp³-hybridized carbons (Fsp3) is 0.238. The summed E-state index contributed by atoms with van der Waals surface area (Å²) < 4.78 is 7.49. The molecule has 128 valence electrons. The van der Waals surface area contributed by atoms with Crippen molar-refractivity contribution in [1.82, 2.24) is 9.55 Å². The highest BCUT2D eigenvalue weighted by atomic mass is 16.6. The number of carbonyl (C=O) groups is 1. The number of aryl methyl sites for hydroxylation is 1. The van der Waals surface area contributed by atoms with Crippen molar-refractivity contribution in [3.05, 3.63) is 72.1 Å². The quantitative estimate of drug-likeness (QED) is 0.646. The van der Waals surface area contributed by atoms with Crippen molar-refractivity contribution in [2.45, 2.75) is 33.3 Å². The molecule has 0 saturated carbocycles. The Bertz CT molecular complexity index is 876. The Morgan fingerprint density at radius 3 is 2.08 bits per heavy atom. The van der Waals surface area contributed by atoms with Crippen molar-refractivity contribution in [2.24, 2.45) is 0 Å². The molecule has 4 heteroatoms. The molecule has 0 saturated heterocycles. The van der Waals surface area contributed by atoms with E-state index in [4.69, 9.17) is 4.74 Å². The van der Waals surface area contributed by atoms with E-state index < -0.39 is 5.60 Å². The fourth-order valence-corrected chi connectivity index (χ4v) is 2.70. The monoisotopic (exact) mass is 334 g/mol. The van der Waals surface area contributed by atoms with E-state index in [1.165, 1.54) is 0 Å². The molecule has 25 heavy (non-hydrogen) atoms. The van der Waals surface area contributed by atoms with Gasteiger partial charge in [-0.05, 0) is 39.8 Å². The number of para-hydroxylation sites is 1. The summed E-state index contributed by atoms with van der Waals surface area (Å²) in [5.41, 5.74) is 2.37. The first-order chi connectivity index (χ1) is 11.9. The van der Waals surface area contributed by atoms with Gasteiger partial charge in [-0.15, -0.1) is 0 Å². The lowest BCUT2D eigenvalue weighted by molar-refractivity contribution is 0.00597. The van der Waals surface area contributed by atoms with E-state index in [0.29, 0.717) is 11.4 Å². The molecule has 1 aromatic heterocycles. The summed E-state index contributed by atoms with van der Waals surface area (Å²) in [6.45, 7) is 7.43. The van der Waals surface area contributed by atoms with Gasteiger partial charge in [0.25, 0.3) is 0 Å². The number of carbonyl (C=O) groups excluding carboxylic acids is 1. The van der Waals surface area contributed by atoms with Crippen molar-refractivity contribution in [2.75, 3.05) is 0 Å². The van der Waals surface area contributed by atoms with Crippen molar-refractivity contribution in [3.63, 3.8) is 0 Å². The zero-order valence-electron chi connectivity index (χ0n) is 15.0. The molecule has 0 spiro atoms. The lowest BCUT2D eigenvalue weighted by Crippen LogP contribution is -2.25. The van der Waals surface area contributed by atoms with Crippen LogP contribution in [0.15, 0.2) is 60.7 Å². The van der Waals surface area contributed by atoms with Crippen LogP contribution in [0.3, 0.4) is 0 Å². The van der Waals surface area contributed by atoms with Crippen molar-refractivity contribution < 1.29 is 9.53 Å². The second-order valence-electron chi connectivity index (χ2n) is 6.91. The van der Waals surface area contributed by atoms with Gasteiger partial charge in [0.05, 0.1) is 5.69 Å². The van der Waals surface area contributed by atoms with E-state index in [1.54, 1.807) is 0 Å². The van der Waals surface area contributed by atoms with Crippen LogP contribution in [0, 0.1) is 6.92 Å². The van der Waals surface area contributed by atoms with Gasteiger partial charge in [0.1, 0.15) is 11.4 Å². The SMILES string of the molecule is Cc1nc(-c2ccccc2)n(-c2ccccc2)c1C(=O)OC(C)(C)C. The molecule has 2 aromatic carbocycles. The van der Waals surface area contributed by atoms with Crippen LogP contribution in [0.25, 0.3) is 17.1 Å². The minimum absolute atomic E-state index is 0.372. The van der Waals surface area contributed by atoms with E-state index in [0.717, 1.165) is 17.1 Å². The molecule has 0 unspecified atom stereocenters. The Balaban J connectivity index is 2.22. The molecule has 0 atom stereocenters. The first-order valence-electron chi connectivity index (χ1n) is 8.30. The van der Waals surface area contributed by atoms with Crippen LogP contribution in [-0.2, 0) is 4.74 Å². The number of nitrogens with zero attached hydrogens (tertiary/aromatic N) is 2. The third-order valence-electron chi connectivity index (χ3n) is 3.69. The number of esters is 1. The van der Waals surface area contributed by atoms with Gasteiger partial charge in [0.2, 0.25) is 0 Å². The van der Waals surface area contributed by atoms with Crippen molar-refractivity contribution in [1.29, 1.82) is 0 Å². The van der Waals surface area contributed by atoms with Crippen LogP contribution in [0.5, 0.6) is 0 Å². The zero-order chi connectivity index (χ0) is 18.0. The van der Waals surface area contributed by atoms with E-state index >= 15 is 0 Å². The van der Waals surface area contributed by atoms with Gasteiger partial charge >= 0.3 is 5.97 Å². The topological polar surface area (TPSA) is 44.1 Å². The van der Waals surface area contributed by atoms with Crippen LogP contribution in [0.4, 0.5) is 0 Å². The Labute approximate surface area is 148 Å². The molecule has 3 rings (SSSR count). The van der Waals surface area contributed by atoms with Crippen LogP contribution < -0.4 is 0 Å². The molecule has 0 aliphatic rings. The molecule has 0 radical (unpaired) electrons. The average Bonchev–Trinajstić information content (AvgIpc) is 2.92. The minimum Gasteiger partial charge on any atom is -0.455 e. The molecule has 3 aromatic rings.